The van der Waals surface area contributed by atoms with Crippen molar-refractivity contribution in [2.75, 3.05) is 0 Å². The number of fused-ring (bicyclic) bond motifs is 2. The third-order valence-electron chi connectivity index (χ3n) is 3.50. The first kappa shape index (κ1) is 12.6. The zero-order valence-corrected chi connectivity index (χ0v) is 9.59. The summed E-state index contributed by atoms with van der Waals surface area (Å²) in [5.74, 6) is 4.38. The maximum atomic E-state index is 4.00. The predicted octanol–water partition coefficient (Wildman–Crippen LogP) is 3.96. The molecule has 0 aliphatic heterocycles. The molecule has 0 aromatic rings. The third-order valence-corrected chi connectivity index (χ3v) is 3.50. The van der Waals surface area contributed by atoms with E-state index in [1.807, 2.05) is 13.8 Å². The molecule has 0 N–H and O–H groups in total. The average molecular weight is 180 g/mol. The molecule has 13 heavy (non-hydrogen) atoms. The van der Waals surface area contributed by atoms with Crippen molar-refractivity contribution in [3.63, 3.8) is 0 Å². The van der Waals surface area contributed by atoms with Gasteiger partial charge in [0, 0.05) is 0 Å². The minimum atomic E-state index is 1.05. The van der Waals surface area contributed by atoms with Gasteiger partial charge in [0.1, 0.15) is 0 Å². The van der Waals surface area contributed by atoms with Gasteiger partial charge in [-0.2, -0.15) is 0 Å². The number of hydrogen-bond donors (Lipinski definition) is 0. The second-order valence-corrected chi connectivity index (χ2v) is 4.19. The fraction of sp³-hybridized carbons (Fsp3) is 0.846. The summed E-state index contributed by atoms with van der Waals surface area (Å²) in [6, 6.07) is 0. The Morgan fingerprint density at radius 2 is 1.23 bits per heavy atom. The van der Waals surface area contributed by atoms with Crippen LogP contribution in [-0.2, 0) is 0 Å². The van der Waals surface area contributed by atoms with Crippen molar-refractivity contribution in [1.82, 2.24) is 0 Å². The van der Waals surface area contributed by atoms with Crippen molar-refractivity contribution in [2.24, 2.45) is 23.7 Å². The van der Waals surface area contributed by atoms with Crippen LogP contribution in [0.2, 0.25) is 0 Å². The molecule has 3 aliphatic carbocycles. The molecule has 0 heterocycles. The second kappa shape index (κ2) is 6.08. The molecule has 0 aromatic heterocycles. The van der Waals surface area contributed by atoms with Gasteiger partial charge in [0.2, 0.25) is 0 Å². The molecule has 2 unspecified atom stereocenters. The Bertz CT molecular complexity index is 133. The maximum absolute atomic E-state index is 4.00. The molecule has 0 aromatic carbocycles. The van der Waals surface area contributed by atoms with Gasteiger partial charge in [-0.3, -0.25) is 0 Å². The molecule has 2 bridgehead atoms. The third kappa shape index (κ3) is 2.76. The van der Waals surface area contributed by atoms with Gasteiger partial charge in [-0.15, -0.1) is 12.8 Å². The summed E-state index contributed by atoms with van der Waals surface area (Å²) in [5.41, 5.74) is 0. The molecule has 3 rings (SSSR count). The van der Waals surface area contributed by atoms with Crippen LogP contribution in [0.5, 0.6) is 0 Å². The normalized spacial score (nSPS) is 39.8. The highest BCUT2D eigenvalue weighted by Gasteiger charge is 2.42. The highest BCUT2D eigenvalue weighted by atomic mass is 14.5. The van der Waals surface area contributed by atoms with Crippen molar-refractivity contribution < 1.29 is 0 Å². The van der Waals surface area contributed by atoms with Crippen LogP contribution in [0.3, 0.4) is 0 Å². The highest BCUT2D eigenvalue weighted by Crippen LogP contribution is 2.52. The van der Waals surface area contributed by atoms with E-state index in [1.165, 1.54) is 12.8 Å². The molecule has 0 radical (unpaired) electrons. The van der Waals surface area contributed by atoms with Gasteiger partial charge in [0.25, 0.3) is 0 Å². The lowest BCUT2D eigenvalue weighted by atomic mass is 9.55. The topological polar surface area (TPSA) is 0 Å². The van der Waals surface area contributed by atoms with Crippen molar-refractivity contribution in [3.05, 3.63) is 0 Å². The monoisotopic (exact) mass is 180 g/mol. The molecule has 76 valence electrons. The second-order valence-electron chi connectivity index (χ2n) is 4.19. The van der Waals surface area contributed by atoms with Crippen LogP contribution >= 0.6 is 0 Å². The van der Waals surface area contributed by atoms with E-state index in [1.54, 1.807) is 6.42 Å². The van der Waals surface area contributed by atoms with Crippen LogP contribution in [0.4, 0.5) is 0 Å². The lowest BCUT2D eigenvalue weighted by Crippen LogP contribution is -2.41. The standard InChI is InChI=1S/C9H16.C2H6.C2H2/c1-6-3-8-5-9(4-6)7(8)2;2*1-2/h6-9H,3-5H2,1-2H3;1-2H3;1-2H/t6?,7?,8-,9+;;. The predicted molar refractivity (Wildman–Crippen MR) is 60.4 cm³/mol. The quantitative estimate of drug-likeness (QED) is 0.495. The molecular weight excluding hydrogens is 156 g/mol. The Hall–Kier alpha value is -0.440. The van der Waals surface area contributed by atoms with Crippen molar-refractivity contribution in [2.45, 2.75) is 47.0 Å². The molecule has 3 saturated carbocycles. The van der Waals surface area contributed by atoms with E-state index in [0.717, 1.165) is 23.7 Å². The first-order valence-corrected chi connectivity index (χ1v) is 5.60. The van der Waals surface area contributed by atoms with Crippen molar-refractivity contribution in [1.29, 1.82) is 0 Å². The van der Waals surface area contributed by atoms with Crippen LogP contribution < -0.4 is 0 Å². The largest absolute Gasteiger partial charge is 0.124 e. The summed E-state index contributed by atoms with van der Waals surface area (Å²) in [6.07, 6.45) is 12.6. The minimum Gasteiger partial charge on any atom is -0.124 e. The fourth-order valence-electron chi connectivity index (χ4n) is 2.76. The van der Waals surface area contributed by atoms with Gasteiger partial charge >= 0.3 is 0 Å². The zero-order valence-electron chi connectivity index (χ0n) is 9.59. The van der Waals surface area contributed by atoms with E-state index in [-0.39, 0.29) is 0 Å². The Labute approximate surface area is 84.1 Å². The molecule has 3 aliphatic rings. The molecule has 0 spiro atoms. The molecule has 3 fully saturated rings. The zero-order chi connectivity index (χ0) is 10.4. The lowest BCUT2D eigenvalue weighted by molar-refractivity contribution is -0.00154. The van der Waals surface area contributed by atoms with Crippen LogP contribution in [0.25, 0.3) is 0 Å². The van der Waals surface area contributed by atoms with Crippen LogP contribution in [0.1, 0.15) is 47.0 Å². The number of terminal acetylenes is 1. The molecule has 0 amide bonds. The maximum Gasteiger partial charge on any atom is -0.0381 e. The summed E-state index contributed by atoms with van der Waals surface area (Å²) < 4.78 is 0. The average Bonchev–Trinajstić information content (AvgIpc) is 2.23. The summed E-state index contributed by atoms with van der Waals surface area (Å²) in [5, 5.41) is 0. The first-order chi connectivity index (χ1) is 6.27. The molecular formula is C13H24. The van der Waals surface area contributed by atoms with Crippen molar-refractivity contribution >= 4 is 0 Å². The Balaban J connectivity index is 0.000000322. The van der Waals surface area contributed by atoms with Gasteiger partial charge in [-0.25, -0.2) is 0 Å². The first-order valence-electron chi connectivity index (χ1n) is 5.60. The van der Waals surface area contributed by atoms with E-state index in [9.17, 15) is 0 Å². The molecule has 0 nitrogen and oxygen atoms in total. The smallest absolute Gasteiger partial charge is 0.0381 e. The van der Waals surface area contributed by atoms with Gasteiger partial charge < -0.3 is 0 Å². The Morgan fingerprint density at radius 3 is 1.46 bits per heavy atom. The van der Waals surface area contributed by atoms with E-state index < -0.39 is 0 Å². The van der Waals surface area contributed by atoms with Gasteiger partial charge in [0.05, 0.1) is 0 Å². The lowest BCUT2D eigenvalue weighted by Gasteiger charge is -2.50. The SMILES string of the molecule is C#C.CC.CC1C[C@@H]2C[C@H](C1)C2C. The Kier molecular flexibility index (Phi) is 5.88. The number of rotatable bonds is 0. The molecule has 0 heteroatoms. The van der Waals surface area contributed by atoms with Crippen molar-refractivity contribution in [3.8, 4) is 12.8 Å². The fourth-order valence-corrected chi connectivity index (χ4v) is 2.76. The van der Waals surface area contributed by atoms with Gasteiger partial charge in [-0.05, 0) is 42.9 Å². The van der Waals surface area contributed by atoms with E-state index in [4.69, 9.17) is 0 Å². The van der Waals surface area contributed by atoms with Crippen LogP contribution in [-0.4, -0.2) is 0 Å². The summed E-state index contributed by atoms with van der Waals surface area (Å²) in [4.78, 5) is 0. The van der Waals surface area contributed by atoms with Gasteiger partial charge in [-0.1, -0.05) is 27.7 Å². The minimum absolute atomic E-state index is 1.05. The number of hydrogen-bond acceptors (Lipinski definition) is 0. The highest BCUT2D eigenvalue weighted by molar-refractivity contribution is 4.92. The molecule has 4 atom stereocenters. The summed E-state index contributed by atoms with van der Waals surface area (Å²) in [7, 11) is 0. The Morgan fingerprint density at radius 1 is 0.846 bits per heavy atom. The summed E-state index contributed by atoms with van der Waals surface area (Å²) in [6.45, 7) is 8.84. The van der Waals surface area contributed by atoms with E-state index in [0.29, 0.717) is 0 Å². The summed E-state index contributed by atoms with van der Waals surface area (Å²) >= 11 is 0. The van der Waals surface area contributed by atoms with E-state index in [2.05, 4.69) is 26.7 Å². The van der Waals surface area contributed by atoms with Gasteiger partial charge in [0.15, 0.2) is 0 Å². The van der Waals surface area contributed by atoms with E-state index >= 15 is 0 Å². The van der Waals surface area contributed by atoms with Crippen LogP contribution in [0, 0.1) is 36.5 Å². The molecule has 0 saturated heterocycles. The van der Waals surface area contributed by atoms with Crippen LogP contribution in [0.15, 0.2) is 0 Å².